The second-order valence-electron chi connectivity index (χ2n) is 5.65. The largest absolute Gasteiger partial charge is 0.384 e. The Hall–Kier alpha value is -1.25. The maximum atomic E-state index is 4.32. The van der Waals surface area contributed by atoms with Crippen molar-refractivity contribution in [3.05, 3.63) is 18.5 Å². The van der Waals surface area contributed by atoms with Crippen molar-refractivity contribution in [2.45, 2.75) is 33.6 Å². The summed E-state index contributed by atoms with van der Waals surface area (Å²) < 4.78 is 0. The van der Waals surface area contributed by atoms with Gasteiger partial charge in [-0.2, -0.15) is 0 Å². The van der Waals surface area contributed by atoms with Crippen LogP contribution in [0.4, 0.5) is 11.4 Å². The van der Waals surface area contributed by atoms with Crippen LogP contribution in [0.5, 0.6) is 0 Å². The van der Waals surface area contributed by atoms with E-state index in [1.165, 1.54) is 18.5 Å². The third-order valence-electron chi connectivity index (χ3n) is 3.37. The molecular weight excluding hydrogens is 210 g/mol. The highest BCUT2D eigenvalue weighted by Crippen LogP contribution is 2.31. The number of nitrogens with zero attached hydrogens (tertiary/aromatic N) is 2. The Bertz CT molecular complexity index is 373. The standard InChI is InChI=1S/C14H23N3/c1-4-16-12-8-13(10-15-9-12)17-7-5-6-14(2,3)11-17/h8-10,16H,4-7,11H2,1-3H3. The molecule has 2 heterocycles. The van der Waals surface area contributed by atoms with Crippen LogP contribution in [0.15, 0.2) is 18.5 Å². The van der Waals surface area contributed by atoms with E-state index in [4.69, 9.17) is 0 Å². The molecule has 3 heteroatoms. The van der Waals surface area contributed by atoms with E-state index in [1.54, 1.807) is 0 Å². The molecule has 0 saturated carbocycles. The lowest BCUT2D eigenvalue weighted by atomic mass is 9.84. The second-order valence-corrected chi connectivity index (χ2v) is 5.65. The lowest BCUT2D eigenvalue weighted by Crippen LogP contribution is -2.40. The van der Waals surface area contributed by atoms with E-state index in [2.05, 4.69) is 42.0 Å². The average molecular weight is 233 g/mol. The maximum Gasteiger partial charge on any atom is 0.0573 e. The molecule has 1 N–H and O–H groups in total. The summed E-state index contributed by atoms with van der Waals surface area (Å²) in [6.45, 7) is 10.0. The number of nitrogens with one attached hydrogen (secondary N) is 1. The van der Waals surface area contributed by atoms with Gasteiger partial charge in [-0.15, -0.1) is 0 Å². The molecule has 17 heavy (non-hydrogen) atoms. The van der Waals surface area contributed by atoms with Gasteiger partial charge in [0.2, 0.25) is 0 Å². The molecule has 0 aliphatic carbocycles. The van der Waals surface area contributed by atoms with Gasteiger partial charge in [-0.1, -0.05) is 13.8 Å². The third-order valence-corrected chi connectivity index (χ3v) is 3.37. The number of anilines is 2. The van der Waals surface area contributed by atoms with E-state index < -0.39 is 0 Å². The minimum Gasteiger partial charge on any atom is -0.384 e. The van der Waals surface area contributed by atoms with Crippen LogP contribution in [0.25, 0.3) is 0 Å². The normalized spacial score (nSPS) is 19.1. The Labute approximate surface area is 104 Å². The Morgan fingerprint density at radius 2 is 2.24 bits per heavy atom. The first-order chi connectivity index (χ1) is 8.11. The number of rotatable bonds is 3. The van der Waals surface area contributed by atoms with Crippen LogP contribution in [0, 0.1) is 5.41 Å². The SMILES string of the molecule is CCNc1cncc(N2CCCC(C)(C)C2)c1. The van der Waals surface area contributed by atoms with Gasteiger partial charge in [0.05, 0.1) is 23.8 Å². The number of hydrogen-bond acceptors (Lipinski definition) is 3. The van der Waals surface area contributed by atoms with Crippen LogP contribution in [0.2, 0.25) is 0 Å². The first-order valence-corrected chi connectivity index (χ1v) is 6.54. The van der Waals surface area contributed by atoms with E-state index in [1.807, 2.05) is 12.4 Å². The van der Waals surface area contributed by atoms with E-state index in [9.17, 15) is 0 Å². The molecule has 0 aromatic carbocycles. The fourth-order valence-corrected chi connectivity index (χ4v) is 2.55. The van der Waals surface area contributed by atoms with Crippen molar-refractivity contribution in [1.82, 2.24) is 4.98 Å². The fraction of sp³-hybridized carbons (Fsp3) is 0.643. The molecule has 0 radical (unpaired) electrons. The number of piperidine rings is 1. The molecular formula is C14H23N3. The van der Waals surface area contributed by atoms with Gasteiger partial charge >= 0.3 is 0 Å². The molecule has 1 aromatic heterocycles. The van der Waals surface area contributed by atoms with Crippen molar-refractivity contribution < 1.29 is 0 Å². The van der Waals surface area contributed by atoms with Crippen LogP contribution < -0.4 is 10.2 Å². The first-order valence-electron chi connectivity index (χ1n) is 6.54. The van der Waals surface area contributed by atoms with Gasteiger partial charge in [-0.05, 0) is 31.2 Å². The lowest BCUT2D eigenvalue weighted by molar-refractivity contribution is 0.293. The van der Waals surface area contributed by atoms with Crippen LogP contribution in [0.3, 0.4) is 0 Å². The smallest absolute Gasteiger partial charge is 0.0573 e. The summed E-state index contributed by atoms with van der Waals surface area (Å²) in [6, 6.07) is 2.21. The van der Waals surface area contributed by atoms with E-state index >= 15 is 0 Å². The zero-order valence-electron chi connectivity index (χ0n) is 11.2. The van der Waals surface area contributed by atoms with Gasteiger partial charge in [0.15, 0.2) is 0 Å². The summed E-state index contributed by atoms with van der Waals surface area (Å²) in [5.74, 6) is 0. The van der Waals surface area contributed by atoms with Crippen molar-refractivity contribution >= 4 is 11.4 Å². The van der Waals surface area contributed by atoms with Crippen LogP contribution >= 0.6 is 0 Å². The van der Waals surface area contributed by atoms with Crippen LogP contribution in [0.1, 0.15) is 33.6 Å². The zero-order valence-corrected chi connectivity index (χ0v) is 11.2. The Morgan fingerprint density at radius 1 is 1.41 bits per heavy atom. The van der Waals surface area contributed by atoms with Crippen LogP contribution in [-0.4, -0.2) is 24.6 Å². The van der Waals surface area contributed by atoms with Crippen LogP contribution in [-0.2, 0) is 0 Å². The molecule has 3 nitrogen and oxygen atoms in total. The van der Waals surface area contributed by atoms with Crippen molar-refractivity contribution in [3.8, 4) is 0 Å². The Balaban J connectivity index is 2.13. The summed E-state index contributed by atoms with van der Waals surface area (Å²) in [4.78, 5) is 6.78. The van der Waals surface area contributed by atoms with Crippen molar-refractivity contribution in [3.63, 3.8) is 0 Å². The predicted octanol–water partition coefficient (Wildman–Crippen LogP) is 3.14. The summed E-state index contributed by atoms with van der Waals surface area (Å²) in [6.07, 6.45) is 6.46. The topological polar surface area (TPSA) is 28.2 Å². The van der Waals surface area contributed by atoms with Gasteiger partial charge in [0, 0.05) is 19.6 Å². The molecule has 0 spiro atoms. The number of hydrogen-bond donors (Lipinski definition) is 1. The van der Waals surface area contributed by atoms with E-state index in [-0.39, 0.29) is 0 Å². The molecule has 0 amide bonds. The number of aromatic nitrogens is 1. The molecule has 0 unspecified atom stereocenters. The fourth-order valence-electron chi connectivity index (χ4n) is 2.55. The summed E-state index contributed by atoms with van der Waals surface area (Å²) in [7, 11) is 0. The van der Waals surface area contributed by atoms with E-state index in [0.29, 0.717) is 5.41 Å². The number of pyridine rings is 1. The quantitative estimate of drug-likeness (QED) is 0.869. The molecule has 1 fully saturated rings. The molecule has 1 saturated heterocycles. The maximum absolute atomic E-state index is 4.32. The van der Waals surface area contributed by atoms with Gasteiger partial charge in [0.25, 0.3) is 0 Å². The highest BCUT2D eigenvalue weighted by molar-refractivity contribution is 5.55. The minimum absolute atomic E-state index is 0.423. The minimum atomic E-state index is 0.423. The summed E-state index contributed by atoms with van der Waals surface area (Å²) in [5.41, 5.74) is 2.79. The highest BCUT2D eigenvalue weighted by Gasteiger charge is 2.26. The molecule has 1 aliphatic heterocycles. The molecule has 94 valence electrons. The molecule has 1 aromatic rings. The van der Waals surface area contributed by atoms with Gasteiger partial charge in [-0.25, -0.2) is 0 Å². The van der Waals surface area contributed by atoms with Crippen molar-refractivity contribution in [2.75, 3.05) is 29.9 Å². The molecule has 2 rings (SSSR count). The molecule has 1 aliphatic rings. The van der Waals surface area contributed by atoms with Gasteiger partial charge in [0.1, 0.15) is 0 Å². The summed E-state index contributed by atoms with van der Waals surface area (Å²) >= 11 is 0. The second kappa shape index (κ2) is 4.94. The summed E-state index contributed by atoms with van der Waals surface area (Å²) in [5, 5.41) is 3.32. The Kier molecular flexibility index (Phi) is 3.55. The molecule has 0 bridgehead atoms. The zero-order chi connectivity index (χ0) is 12.3. The molecule has 0 atom stereocenters. The van der Waals surface area contributed by atoms with E-state index in [0.717, 1.165) is 25.3 Å². The highest BCUT2D eigenvalue weighted by atomic mass is 15.1. The van der Waals surface area contributed by atoms with Crippen molar-refractivity contribution in [1.29, 1.82) is 0 Å². The van der Waals surface area contributed by atoms with Crippen molar-refractivity contribution in [2.24, 2.45) is 5.41 Å². The van der Waals surface area contributed by atoms with Gasteiger partial charge in [-0.3, -0.25) is 4.98 Å². The monoisotopic (exact) mass is 233 g/mol. The Morgan fingerprint density at radius 3 is 2.94 bits per heavy atom. The first kappa shape index (κ1) is 12.2. The van der Waals surface area contributed by atoms with Gasteiger partial charge < -0.3 is 10.2 Å². The predicted molar refractivity (Wildman–Crippen MR) is 73.6 cm³/mol. The average Bonchev–Trinajstić information content (AvgIpc) is 2.28. The lowest BCUT2D eigenvalue weighted by Gasteiger charge is -2.39. The third kappa shape index (κ3) is 3.11.